The summed E-state index contributed by atoms with van der Waals surface area (Å²) in [4.78, 5) is 12.4. The van der Waals surface area contributed by atoms with Gasteiger partial charge in [-0.25, -0.2) is 8.78 Å². The van der Waals surface area contributed by atoms with Gasteiger partial charge in [0.05, 0.1) is 5.41 Å². The Balaban J connectivity index is 2.40. The molecule has 1 aromatic rings. The summed E-state index contributed by atoms with van der Waals surface area (Å²) >= 11 is 0. The van der Waals surface area contributed by atoms with Gasteiger partial charge in [0.25, 0.3) is 0 Å². The van der Waals surface area contributed by atoms with Gasteiger partial charge in [0, 0.05) is 5.56 Å². The van der Waals surface area contributed by atoms with Crippen molar-refractivity contribution in [2.75, 3.05) is 0 Å². The van der Waals surface area contributed by atoms with Crippen LogP contribution in [0.1, 0.15) is 33.3 Å². The van der Waals surface area contributed by atoms with E-state index in [1.54, 1.807) is 26.0 Å². The molecule has 0 amide bonds. The fourth-order valence-corrected chi connectivity index (χ4v) is 3.05. The summed E-state index contributed by atoms with van der Waals surface area (Å²) in [7, 11) is 0. The van der Waals surface area contributed by atoms with Gasteiger partial charge < -0.3 is 4.74 Å². The highest BCUT2D eigenvalue weighted by Gasteiger charge is 2.72. The highest BCUT2D eigenvalue weighted by atomic mass is 19.2. The molecule has 1 aromatic carbocycles. The van der Waals surface area contributed by atoms with Gasteiger partial charge in [-0.1, -0.05) is 26.0 Å². The quantitative estimate of drug-likeness (QED) is 0.264. The summed E-state index contributed by atoms with van der Waals surface area (Å²) in [5, 5.41) is 0. The minimum Gasteiger partial charge on any atom is -0.420 e. The molecule has 0 heterocycles. The van der Waals surface area contributed by atoms with Gasteiger partial charge in [-0.2, -0.15) is 8.78 Å². The smallest absolute Gasteiger partial charge is 0.318 e. The Kier molecular flexibility index (Phi) is 4.07. The van der Waals surface area contributed by atoms with Crippen molar-refractivity contribution in [3.8, 4) is 5.75 Å². The number of ether oxygens (including phenoxy) is 1. The summed E-state index contributed by atoms with van der Waals surface area (Å²) in [6.45, 7) is 7.89. The minimum atomic E-state index is -1.71. The molecule has 0 aliphatic heterocycles. The molecule has 6 heteroatoms. The van der Waals surface area contributed by atoms with E-state index in [1.165, 1.54) is 0 Å². The van der Waals surface area contributed by atoms with Crippen LogP contribution >= 0.6 is 0 Å². The van der Waals surface area contributed by atoms with Gasteiger partial charge >= 0.3 is 5.97 Å². The van der Waals surface area contributed by atoms with Crippen LogP contribution in [0.25, 0.3) is 0 Å². The molecule has 0 saturated heterocycles. The molecule has 1 aliphatic carbocycles. The second kappa shape index (κ2) is 5.35. The molecule has 0 bridgehead atoms. The Morgan fingerprint density at radius 1 is 1.04 bits per heavy atom. The van der Waals surface area contributed by atoms with Crippen molar-refractivity contribution < 1.29 is 27.1 Å². The number of hydrogen-bond donors (Lipinski definition) is 0. The average molecular weight is 330 g/mol. The van der Waals surface area contributed by atoms with Crippen LogP contribution in [-0.2, 0) is 4.79 Å². The first-order chi connectivity index (χ1) is 10.5. The Morgan fingerprint density at radius 2 is 1.52 bits per heavy atom. The lowest BCUT2D eigenvalue weighted by atomic mass is 9.98. The number of hydrogen-bond acceptors (Lipinski definition) is 2. The van der Waals surface area contributed by atoms with Crippen LogP contribution < -0.4 is 4.74 Å². The molecule has 2 atom stereocenters. The Morgan fingerprint density at radius 3 is 1.96 bits per heavy atom. The fraction of sp³-hybridized carbons (Fsp3) is 0.471. The third-order valence-electron chi connectivity index (χ3n) is 5.10. The number of allylic oxidation sites excluding steroid dienone is 2. The summed E-state index contributed by atoms with van der Waals surface area (Å²) < 4.78 is 59.5. The van der Waals surface area contributed by atoms with E-state index in [2.05, 4.69) is 0 Å². The van der Waals surface area contributed by atoms with E-state index in [-0.39, 0.29) is 5.92 Å². The van der Waals surface area contributed by atoms with Crippen LogP contribution in [0.5, 0.6) is 5.75 Å². The van der Waals surface area contributed by atoms with Crippen molar-refractivity contribution in [3.63, 3.8) is 0 Å². The normalized spacial score (nSPS) is 25.7. The van der Waals surface area contributed by atoms with E-state index < -0.39 is 51.4 Å². The number of halogens is 4. The first-order valence-electron chi connectivity index (χ1n) is 7.19. The first kappa shape index (κ1) is 17.5. The predicted molar refractivity (Wildman–Crippen MR) is 76.8 cm³/mol. The van der Waals surface area contributed by atoms with Gasteiger partial charge in [-0.05, 0) is 32.1 Å². The van der Waals surface area contributed by atoms with Gasteiger partial charge in [-0.3, -0.25) is 4.79 Å². The van der Waals surface area contributed by atoms with Crippen molar-refractivity contribution in [2.45, 2.75) is 34.6 Å². The summed E-state index contributed by atoms with van der Waals surface area (Å²) in [6.07, 6.45) is 3.56. The van der Waals surface area contributed by atoms with Crippen molar-refractivity contribution in [1.29, 1.82) is 0 Å². The topological polar surface area (TPSA) is 26.3 Å². The van der Waals surface area contributed by atoms with Crippen molar-refractivity contribution in [3.05, 3.63) is 41.0 Å². The van der Waals surface area contributed by atoms with Crippen molar-refractivity contribution in [1.82, 2.24) is 0 Å². The second-order valence-corrected chi connectivity index (χ2v) is 6.53. The summed E-state index contributed by atoms with van der Waals surface area (Å²) in [6, 6.07) is 0. The number of carbonyl (C=O) groups is 1. The molecule has 0 aromatic heterocycles. The lowest BCUT2D eigenvalue weighted by Crippen LogP contribution is -2.25. The summed E-state index contributed by atoms with van der Waals surface area (Å²) in [5.74, 6) is -9.02. The monoisotopic (exact) mass is 330 g/mol. The third kappa shape index (κ3) is 2.26. The number of esters is 1. The maximum atomic E-state index is 13.8. The molecular weight excluding hydrogens is 312 g/mol. The van der Waals surface area contributed by atoms with E-state index in [4.69, 9.17) is 4.74 Å². The van der Waals surface area contributed by atoms with Crippen LogP contribution in [0.4, 0.5) is 17.6 Å². The van der Waals surface area contributed by atoms with Crippen molar-refractivity contribution in [2.24, 2.45) is 16.7 Å². The maximum absolute atomic E-state index is 13.8. The number of benzene rings is 1. The third-order valence-corrected chi connectivity index (χ3v) is 5.10. The number of carbonyl (C=O) groups excluding carboxylic acids is 1. The lowest BCUT2D eigenvalue weighted by molar-refractivity contribution is -0.141. The molecular formula is C17H18F4O2. The van der Waals surface area contributed by atoms with E-state index in [0.717, 1.165) is 6.92 Å². The Hall–Kier alpha value is -1.85. The van der Waals surface area contributed by atoms with E-state index in [1.807, 2.05) is 13.8 Å². The largest absolute Gasteiger partial charge is 0.420 e. The SMILES string of the molecule is CC=CC1C(C)(C)C1(C)C(=O)Oc1c(F)c(F)c(C)c(F)c1F. The predicted octanol–water partition coefficient (Wildman–Crippen LogP) is 4.70. The minimum absolute atomic E-state index is 0.196. The maximum Gasteiger partial charge on any atom is 0.318 e. The van der Waals surface area contributed by atoms with Crippen LogP contribution in [0, 0.1) is 46.9 Å². The van der Waals surface area contributed by atoms with Crippen LogP contribution in [0.3, 0.4) is 0 Å². The Bertz CT molecular complexity index is 680. The van der Waals surface area contributed by atoms with Gasteiger partial charge in [-0.15, -0.1) is 0 Å². The zero-order chi connectivity index (χ0) is 17.7. The molecule has 2 unspecified atom stereocenters. The second-order valence-electron chi connectivity index (χ2n) is 6.53. The van der Waals surface area contributed by atoms with E-state index >= 15 is 0 Å². The molecule has 0 N–H and O–H groups in total. The molecule has 23 heavy (non-hydrogen) atoms. The van der Waals surface area contributed by atoms with E-state index in [0.29, 0.717) is 0 Å². The Labute approximate surface area is 132 Å². The zero-order valence-corrected chi connectivity index (χ0v) is 13.6. The van der Waals surface area contributed by atoms with E-state index in [9.17, 15) is 22.4 Å². The highest BCUT2D eigenvalue weighted by molar-refractivity contribution is 5.84. The van der Waals surface area contributed by atoms with Crippen LogP contribution in [-0.4, -0.2) is 5.97 Å². The first-order valence-corrected chi connectivity index (χ1v) is 7.19. The van der Waals surface area contributed by atoms with Crippen molar-refractivity contribution >= 4 is 5.97 Å². The van der Waals surface area contributed by atoms with Crippen LogP contribution in [0.2, 0.25) is 0 Å². The molecule has 2 nitrogen and oxygen atoms in total. The molecule has 2 rings (SSSR count). The zero-order valence-electron chi connectivity index (χ0n) is 13.6. The lowest BCUT2D eigenvalue weighted by Gasteiger charge is -2.15. The molecule has 1 fully saturated rings. The fourth-order valence-electron chi connectivity index (χ4n) is 3.05. The molecule has 1 saturated carbocycles. The molecule has 126 valence electrons. The average Bonchev–Trinajstić information content (AvgIpc) is 2.94. The molecule has 1 aliphatic rings. The van der Waals surface area contributed by atoms with Gasteiger partial charge in [0.2, 0.25) is 17.4 Å². The number of rotatable bonds is 3. The molecule has 0 radical (unpaired) electrons. The van der Waals surface area contributed by atoms with Gasteiger partial charge in [0.1, 0.15) is 0 Å². The highest BCUT2D eigenvalue weighted by Crippen LogP contribution is 2.69. The summed E-state index contributed by atoms with van der Waals surface area (Å²) in [5.41, 5.74) is -2.33. The van der Waals surface area contributed by atoms with Crippen LogP contribution in [0.15, 0.2) is 12.2 Å². The standard InChI is InChI=1S/C17H18F4O2/c1-6-7-9-16(3,4)17(9,5)15(22)23-14-12(20)10(18)8(2)11(19)13(14)21/h6-7,9H,1-5H3. The van der Waals surface area contributed by atoms with Gasteiger partial charge in [0.15, 0.2) is 11.6 Å². The molecule has 0 spiro atoms.